The highest BCUT2D eigenvalue weighted by Crippen LogP contribution is 2.27. The molecule has 0 unspecified atom stereocenters. The summed E-state index contributed by atoms with van der Waals surface area (Å²) in [5.41, 5.74) is 1.66. The fraction of sp³-hybridized carbons (Fsp3) is 0.118. The van der Waals surface area contributed by atoms with Crippen LogP contribution in [0.15, 0.2) is 53.3 Å². The van der Waals surface area contributed by atoms with Gasteiger partial charge in [-0.2, -0.15) is 0 Å². The summed E-state index contributed by atoms with van der Waals surface area (Å²) >= 11 is 0. The maximum Gasteiger partial charge on any atom is 0.275 e. The maximum atomic E-state index is 12.1. The van der Waals surface area contributed by atoms with Crippen LogP contribution in [0.2, 0.25) is 0 Å². The van der Waals surface area contributed by atoms with Crippen molar-refractivity contribution in [3.63, 3.8) is 0 Å². The molecule has 1 aliphatic heterocycles. The Balaban J connectivity index is 1.96. The highest BCUT2D eigenvalue weighted by molar-refractivity contribution is 6.19. The minimum atomic E-state index is -0.275. The molecule has 0 bridgehead atoms. The standard InChI is InChI=1S/C17H15N3O3/c1-22-12-7-6-11(15(10-12)23-2)9-14-17(21)20-16(19-14)13-5-3-4-8-18-13/h3-10H,1-2H3,(H,19,20,21)/b14-9+. The third-order valence-electron chi connectivity index (χ3n) is 3.34. The average molecular weight is 309 g/mol. The number of rotatable bonds is 4. The summed E-state index contributed by atoms with van der Waals surface area (Å²) in [6.45, 7) is 0. The Morgan fingerprint density at radius 3 is 2.70 bits per heavy atom. The predicted octanol–water partition coefficient (Wildman–Crippen LogP) is 2.02. The lowest BCUT2D eigenvalue weighted by molar-refractivity contribution is -0.115. The van der Waals surface area contributed by atoms with Crippen molar-refractivity contribution < 1.29 is 14.3 Å². The Kier molecular flexibility index (Phi) is 4.05. The molecule has 1 aliphatic rings. The number of aliphatic imine (C=N–C) groups is 1. The van der Waals surface area contributed by atoms with Gasteiger partial charge in [0.1, 0.15) is 22.9 Å². The fourth-order valence-electron chi connectivity index (χ4n) is 2.18. The number of aromatic nitrogens is 1. The molecule has 0 saturated carbocycles. The summed E-state index contributed by atoms with van der Waals surface area (Å²) in [7, 11) is 3.15. The number of ether oxygens (including phenoxy) is 2. The van der Waals surface area contributed by atoms with Gasteiger partial charge < -0.3 is 14.8 Å². The van der Waals surface area contributed by atoms with Crippen molar-refractivity contribution in [2.24, 2.45) is 4.99 Å². The molecule has 0 aliphatic carbocycles. The molecule has 0 radical (unpaired) electrons. The summed E-state index contributed by atoms with van der Waals surface area (Å²) in [5.74, 6) is 1.45. The number of nitrogens with one attached hydrogen (secondary N) is 1. The van der Waals surface area contributed by atoms with Crippen molar-refractivity contribution in [1.82, 2.24) is 10.3 Å². The van der Waals surface area contributed by atoms with Crippen LogP contribution >= 0.6 is 0 Å². The highest BCUT2D eigenvalue weighted by atomic mass is 16.5. The SMILES string of the molecule is COc1ccc(/C=C2/N=C(c3ccccn3)NC2=O)c(OC)c1. The molecule has 2 heterocycles. The summed E-state index contributed by atoms with van der Waals surface area (Å²) in [4.78, 5) is 20.6. The molecular weight excluding hydrogens is 294 g/mol. The van der Waals surface area contributed by atoms with Gasteiger partial charge in [-0.15, -0.1) is 0 Å². The maximum absolute atomic E-state index is 12.1. The number of benzene rings is 1. The van der Waals surface area contributed by atoms with Gasteiger partial charge in [0.05, 0.1) is 14.2 Å². The normalized spacial score (nSPS) is 15.3. The second-order valence-corrected chi connectivity index (χ2v) is 4.77. The zero-order valence-electron chi connectivity index (χ0n) is 12.7. The van der Waals surface area contributed by atoms with Crippen molar-refractivity contribution in [1.29, 1.82) is 0 Å². The van der Waals surface area contributed by atoms with Crippen LogP contribution < -0.4 is 14.8 Å². The molecular formula is C17H15N3O3. The summed E-state index contributed by atoms with van der Waals surface area (Å²) in [6.07, 6.45) is 3.32. The Labute approximate surface area is 133 Å². The van der Waals surface area contributed by atoms with Gasteiger partial charge in [0.15, 0.2) is 5.84 Å². The van der Waals surface area contributed by atoms with Gasteiger partial charge in [-0.25, -0.2) is 4.99 Å². The first kappa shape index (κ1) is 14.8. The lowest BCUT2D eigenvalue weighted by atomic mass is 10.1. The molecule has 2 aromatic rings. The summed E-state index contributed by atoms with van der Waals surface area (Å²) in [6, 6.07) is 10.8. The number of nitrogens with zero attached hydrogens (tertiary/aromatic N) is 2. The highest BCUT2D eigenvalue weighted by Gasteiger charge is 2.22. The molecule has 1 amide bonds. The lowest BCUT2D eigenvalue weighted by Crippen LogP contribution is -2.25. The Morgan fingerprint density at radius 1 is 1.13 bits per heavy atom. The van der Waals surface area contributed by atoms with Crippen molar-refractivity contribution in [3.05, 3.63) is 59.5 Å². The van der Waals surface area contributed by atoms with Gasteiger partial charge in [0.2, 0.25) is 0 Å². The quantitative estimate of drug-likeness (QED) is 0.877. The first-order valence-electron chi connectivity index (χ1n) is 6.96. The van der Waals surface area contributed by atoms with Crippen LogP contribution in [0.3, 0.4) is 0 Å². The number of hydrogen-bond donors (Lipinski definition) is 1. The van der Waals surface area contributed by atoms with Crippen LogP contribution in [0, 0.1) is 0 Å². The van der Waals surface area contributed by atoms with Crippen LogP contribution in [0.25, 0.3) is 6.08 Å². The number of pyridine rings is 1. The smallest absolute Gasteiger partial charge is 0.275 e. The first-order valence-corrected chi connectivity index (χ1v) is 6.96. The van der Waals surface area contributed by atoms with E-state index in [4.69, 9.17) is 9.47 Å². The van der Waals surface area contributed by atoms with E-state index in [1.165, 1.54) is 0 Å². The van der Waals surface area contributed by atoms with Crippen molar-refractivity contribution in [3.8, 4) is 11.5 Å². The van der Waals surface area contributed by atoms with Crippen molar-refractivity contribution in [2.45, 2.75) is 0 Å². The van der Waals surface area contributed by atoms with Gasteiger partial charge in [-0.3, -0.25) is 9.78 Å². The molecule has 1 N–H and O–H groups in total. The van der Waals surface area contributed by atoms with Crippen LogP contribution in [-0.4, -0.2) is 30.9 Å². The van der Waals surface area contributed by atoms with E-state index in [0.717, 1.165) is 5.56 Å². The molecule has 3 rings (SSSR count). The van der Waals surface area contributed by atoms with Gasteiger partial charge in [0.25, 0.3) is 5.91 Å². The number of amidine groups is 1. The van der Waals surface area contributed by atoms with Crippen molar-refractivity contribution in [2.75, 3.05) is 14.2 Å². The number of carbonyl (C=O) groups is 1. The average Bonchev–Trinajstić information content (AvgIpc) is 2.97. The molecule has 0 saturated heterocycles. The molecule has 23 heavy (non-hydrogen) atoms. The zero-order valence-corrected chi connectivity index (χ0v) is 12.7. The van der Waals surface area contributed by atoms with Crippen LogP contribution in [0.1, 0.15) is 11.3 Å². The van der Waals surface area contributed by atoms with E-state index in [2.05, 4.69) is 15.3 Å². The van der Waals surface area contributed by atoms with Crippen LogP contribution in [0.4, 0.5) is 0 Å². The largest absolute Gasteiger partial charge is 0.497 e. The zero-order chi connectivity index (χ0) is 16.2. The van der Waals surface area contributed by atoms with Crippen molar-refractivity contribution >= 4 is 17.8 Å². The van der Waals surface area contributed by atoms with E-state index in [1.54, 1.807) is 50.8 Å². The first-order chi connectivity index (χ1) is 11.2. The third kappa shape index (κ3) is 3.06. The number of methoxy groups -OCH3 is 2. The van der Waals surface area contributed by atoms with Crippen LogP contribution in [0.5, 0.6) is 11.5 Å². The summed E-state index contributed by atoms with van der Waals surface area (Å²) in [5, 5.41) is 2.72. The topological polar surface area (TPSA) is 72.8 Å². The van der Waals surface area contributed by atoms with Gasteiger partial charge >= 0.3 is 0 Å². The fourth-order valence-corrected chi connectivity index (χ4v) is 2.18. The minimum Gasteiger partial charge on any atom is -0.497 e. The molecule has 0 fully saturated rings. The Bertz CT molecular complexity index is 798. The van der Waals surface area contributed by atoms with Gasteiger partial charge in [0, 0.05) is 17.8 Å². The molecule has 0 atom stereocenters. The minimum absolute atomic E-state index is 0.275. The lowest BCUT2D eigenvalue weighted by Gasteiger charge is -2.07. The van der Waals surface area contributed by atoms with E-state index in [-0.39, 0.29) is 5.91 Å². The van der Waals surface area contributed by atoms with Crippen LogP contribution in [-0.2, 0) is 4.79 Å². The van der Waals surface area contributed by atoms with E-state index in [9.17, 15) is 4.79 Å². The number of hydrogen-bond acceptors (Lipinski definition) is 5. The Morgan fingerprint density at radius 2 is 2.00 bits per heavy atom. The van der Waals surface area contributed by atoms with E-state index < -0.39 is 0 Å². The monoisotopic (exact) mass is 309 g/mol. The predicted molar refractivity (Wildman–Crippen MR) is 86.4 cm³/mol. The van der Waals surface area contributed by atoms with E-state index >= 15 is 0 Å². The molecule has 6 nitrogen and oxygen atoms in total. The number of carbonyl (C=O) groups excluding carboxylic acids is 1. The van der Waals surface area contributed by atoms with Gasteiger partial charge in [-0.05, 0) is 30.3 Å². The third-order valence-corrected chi connectivity index (χ3v) is 3.34. The second-order valence-electron chi connectivity index (χ2n) is 4.77. The molecule has 1 aromatic carbocycles. The van der Waals surface area contributed by atoms with Gasteiger partial charge in [-0.1, -0.05) is 6.07 Å². The number of amides is 1. The Hall–Kier alpha value is -3.15. The second kappa shape index (κ2) is 6.31. The van der Waals surface area contributed by atoms with E-state index in [1.807, 2.05) is 12.1 Å². The summed E-state index contributed by atoms with van der Waals surface area (Å²) < 4.78 is 10.5. The van der Waals surface area contributed by atoms with E-state index in [0.29, 0.717) is 28.7 Å². The molecule has 6 heteroatoms. The molecule has 0 spiro atoms. The molecule has 116 valence electrons. The molecule has 1 aromatic heterocycles.